The van der Waals surface area contributed by atoms with Crippen LogP contribution in [0.1, 0.15) is 25.8 Å². The molecule has 0 aliphatic rings. The summed E-state index contributed by atoms with van der Waals surface area (Å²) in [6.45, 7) is 6.18. The molecule has 0 aromatic heterocycles. The molecule has 0 spiro atoms. The van der Waals surface area contributed by atoms with Crippen molar-refractivity contribution in [2.24, 2.45) is 5.92 Å². The molecular formula is C13H20BrNO2. The molecule has 0 heterocycles. The average molecular weight is 302 g/mol. The van der Waals surface area contributed by atoms with E-state index in [0.29, 0.717) is 16.1 Å². The van der Waals surface area contributed by atoms with Gasteiger partial charge in [-0.2, -0.15) is 0 Å². The third kappa shape index (κ3) is 4.21. The van der Waals surface area contributed by atoms with Crippen molar-refractivity contribution in [2.45, 2.75) is 26.8 Å². The van der Waals surface area contributed by atoms with Crippen LogP contribution in [0.5, 0.6) is 11.5 Å². The maximum Gasteiger partial charge on any atom is 0.172 e. The SMILES string of the molecule is CCC(C)CNCc1cc(Br)c(O)c(OC)c1. The van der Waals surface area contributed by atoms with Gasteiger partial charge in [0, 0.05) is 6.54 Å². The third-order valence-electron chi connectivity index (χ3n) is 2.83. The highest BCUT2D eigenvalue weighted by atomic mass is 79.9. The summed E-state index contributed by atoms with van der Waals surface area (Å²) in [6.07, 6.45) is 1.18. The predicted molar refractivity (Wildman–Crippen MR) is 73.5 cm³/mol. The van der Waals surface area contributed by atoms with Crippen LogP contribution in [0.2, 0.25) is 0 Å². The number of hydrogen-bond donors (Lipinski definition) is 2. The van der Waals surface area contributed by atoms with Gasteiger partial charge >= 0.3 is 0 Å². The zero-order valence-corrected chi connectivity index (χ0v) is 12.2. The number of hydrogen-bond acceptors (Lipinski definition) is 3. The molecule has 0 bridgehead atoms. The quantitative estimate of drug-likeness (QED) is 0.847. The monoisotopic (exact) mass is 301 g/mol. The van der Waals surface area contributed by atoms with Gasteiger partial charge in [0.05, 0.1) is 11.6 Å². The molecule has 3 nitrogen and oxygen atoms in total. The Morgan fingerprint density at radius 1 is 1.47 bits per heavy atom. The van der Waals surface area contributed by atoms with E-state index >= 15 is 0 Å². The lowest BCUT2D eigenvalue weighted by Crippen LogP contribution is -2.20. The minimum Gasteiger partial charge on any atom is -0.503 e. The summed E-state index contributed by atoms with van der Waals surface area (Å²) in [5.74, 6) is 1.33. The fourth-order valence-corrected chi connectivity index (χ4v) is 1.98. The lowest BCUT2D eigenvalue weighted by atomic mass is 10.1. The molecule has 2 N–H and O–H groups in total. The molecule has 96 valence electrons. The van der Waals surface area contributed by atoms with Gasteiger partial charge in [0.2, 0.25) is 0 Å². The van der Waals surface area contributed by atoms with E-state index in [1.54, 1.807) is 7.11 Å². The lowest BCUT2D eigenvalue weighted by molar-refractivity contribution is 0.371. The Balaban J connectivity index is 2.63. The Kier molecular flexibility index (Phi) is 5.78. The molecule has 1 aromatic carbocycles. The van der Waals surface area contributed by atoms with Gasteiger partial charge in [0.25, 0.3) is 0 Å². The topological polar surface area (TPSA) is 41.5 Å². The van der Waals surface area contributed by atoms with Crippen LogP contribution in [0.3, 0.4) is 0 Å². The van der Waals surface area contributed by atoms with Crippen molar-refractivity contribution in [1.29, 1.82) is 0 Å². The lowest BCUT2D eigenvalue weighted by Gasteiger charge is -2.12. The average Bonchev–Trinajstić information content (AvgIpc) is 2.33. The largest absolute Gasteiger partial charge is 0.503 e. The van der Waals surface area contributed by atoms with Gasteiger partial charge in [-0.15, -0.1) is 0 Å². The minimum absolute atomic E-state index is 0.151. The molecule has 1 unspecified atom stereocenters. The van der Waals surface area contributed by atoms with Crippen molar-refractivity contribution in [3.8, 4) is 11.5 Å². The summed E-state index contributed by atoms with van der Waals surface area (Å²) >= 11 is 3.31. The summed E-state index contributed by atoms with van der Waals surface area (Å²) in [7, 11) is 1.55. The normalized spacial score (nSPS) is 12.5. The maximum absolute atomic E-state index is 9.68. The number of benzene rings is 1. The highest BCUT2D eigenvalue weighted by molar-refractivity contribution is 9.10. The first-order valence-corrected chi connectivity index (χ1v) is 6.63. The molecule has 4 heteroatoms. The number of halogens is 1. The molecule has 17 heavy (non-hydrogen) atoms. The van der Waals surface area contributed by atoms with E-state index in [9.17, 15) is 5.11 Å². The van der Waals surface area contributed by atoms with Crippen molar-refractivity contribution >= 4 is 15.9 Å². The van der Waals surface area contributed by atoms with Crippen molar-refractivity contribution < 1.29 is 9.84 Å². The number of aromatic hydroxyl groups is 1. The van der Waals surface area contributed by atoms with Crippen LogP contribution in [0.4, 0.5) is 0 Å². The molecule has 0 aliphatic carbocycles. The summed E-state index contributed by atoms with van der Waals surface area (Å²) in [6, 6.07) is 3.76. The fourth-order valence-electron chi connectivity index (χ4n) is 1.49. The van der Waals surface area contributed by atoms with E-state index in [0.717, 1.165) is 18.7 Å². The summed E-state index contributed by atoms with van der Waals surface area (Å²) in [5, 5.41) is 13.1. The first kappa shape index (κ1) is 14.3. The summed E-state index contributed by atoms with van der Waals surface area (Å²) in [4.78, 5) is 0. The maximum atomic E-state index is 9.68. The van der Waals surface area contributed by atoms with E-state index in [1.165, 1.54) is 6.42 Å². The number of rotatable bonds is 6. The molecule has 1 aromatic rings. The van der Waals surface area contributed by atoms with Crippen molar-refractivity contribution in [3.05, 3.63) is 22.2 Å². The first-order chi connectivity index (χ1) is 8.08. The van der Waals surface area contributed by atoms with Crippen molar-refractivity contribution in [1.82, 2.24) is 5.32 Å². The Bertz CT molecular complexity index is 369. The third-order valence-corrected chi connectivity index (χ3v) is 3.43. The Morgan fingerprint density at radius 2 is 2.18 bits per heavy atom. The Morgan fingerprint density at radius 3 is 2.76 bits per heavy atom. The molecule has 1 rings (SSSR count). The highest BCUT2D eigenvalue weighted by Gasteiger charge is 2.08. The summed E-state index contributed by atoms with van der Waals surface area (Å²) in [5.41, 5.74) is 1.09. The van der Waals surface area contributed by atoms with E-state index in [2.05, 4.69) is 35.1 Å². The van der Waals surface area contributed by atoms with E-state index < -0.39 is 0 Å². The number of ether oxygens (including phenoxy) is 1. The fraction of sp³-hybridized carbons (Fsp3) is 0.538. The molecule has 0 saturated carbocycles. The Labute approximate surface area is 111 Å². The van der Waals surface area contributed by atoms with Gasteiger partial charge in [-0.3, -0.25) is 0 Å². The zero-order chi connectivity index (χ0) is 12.8. The first-order valence-electron chi connectivity index (χ1n) is 5.84. The van der Waals surface area contributed by atoms with Crippen LogP contribution in [0, 0.1) is 5.92 Å². The van der Waals surface area contributed by atoms with Crippen molar-refractivity contribution in [3.63, 3.8) is 0 Å². The number of nitrogens with one attached hydrogen (secondary N) is 1. The molecule has 0 radical (unpaired) electrons. The number of phenolic OH excluding ortho intramolecular Hbond substituents is 1. The second-order valence-corrected chi connectivity index (χ2v) is 5.13. The van der Waals surface area contributed by atoms with Gasteiger partial charge in [0.1, 0.15) is 0 Å². The van der Waals surface area contributed by atoms with Gasteiger partial charge in [0.15, 0.2) is 11.5 Å². The molecule has 1 atom stereocenters. The smallest absolute Gasteiger partial charge is 0.172 e. The van der Waals surface area contributed by atoms with Crippen LogP contribution in [-0.2, 0) is 6.54 Å². The van der Waals surface area contributed by atoms with Crippen molar-refractivity contribution in [2.75, 3.05) is 13.7 Å². The van der Waals surface area contributed by atoms with Gasteiger partial charge in [-0.25, -0.2) is 0 Å². The second-order valence-electron chi connectivity index (χ2n) is 4.27. The van der Waals surface area contributed by atoms with Crippen LogP contribution in [-0.4, -0.2) is 18.8 Å². The van der Waals surface area contributed by atoms with Gasteiger partial charge < -0.3 is 15.2 Å². The van der Waals surface area contributed by atoms with Crippen LogP contribution >= 0.6 is 15.9 Å². The van der Waals surface area contributed by atoms with E-state index in [-0.39, 0.29) is 5.75 Å². The highest BCUT2D eigenvalue weighted by Crippen LogP contribution is 2.35. The molecule has 0 saturated heterocycles. The van der Waals surface area contributed by atoms with Crippen LogP contribution in [0.25, 0.3) is 0 Å². The molecular weight excluding hydrogens is 282 g/mol. The second kappa shape index (κ2) is 6.87. The van der Waals surface area contributed by atoms with Gasteiger partial charge in [-0.1, -0.05) is 20.3 Å². The Hall–Kier alpha value is -0.740. The van der Waals surface area contributed by atoms with Gasteiger partial charge in [-0.05, 0) is 46.1 Å². The molecule has 0 aliphatic heterocycles. The standard InChI is InChI=1S/C13H20BrNO2/c1-4-9(2)7-15-8-10-5-11(14)13(16)12(6-10)17-3/h5-6,9,15-16H,4,7-8H2,1-3H3. The molecule has 0 fully saturated rings. The van der Waals surface area contributed by atoms with Crippen LogP contribution in [0.15, 0.2) is 16.6 Å². The summed E-state index contributed by atoms with van der Waals surface area (Å²) < 4.78 is 5.77. The minimum atomic E-state index is 0.151. The van der Waals surface area contributed by atoms with E-state index in [1.807, 2.05) is 12.1 Å². The van der Waals surface area contributed by atoms with Crippen LogP contribution < -0.4 is 10.1 Å². The number of phenols is 1. The number of methoxy groups -OCH3 is 1. The molecule has 0 amide bonds. The van der Waals surface area contributed by atoms with E-state index in [4.69, 9.17) is 4.74 Å². The predicted octanol–water partition coefficient (Wildman–Crippen LogP) is 3.30. The zero-order valence-electron chi connectivity index (χ0n) is 10.6.